The summed E-state index contributed by atoms with van der Waals surface area (Å²) >= 11 is 0. The van der Waals surface area contributed by atoms with Crippen LogP contribution in [0.2, 0.25) is 0 Å². The van der Waals surface area contributed by atoms with E-state index in [1.54, 1.807) is 0 Å². The minimum atomic E-state index is 0.170. The summed E-state index contributed by atoms with van der Waals surface area (Å²) in [6, 6.07) is 0. The summed E-state index contributed by atoms with van der Waals surface area (Å²) in [5.74, 6) is 0. The molecule has 0 unspecified atom stereocenters. The Kier molecular flexibility index (Phi) is 4.19. The Morgan fingerprint density at radius 3 is 2.25 bits per heavy atom. The normalized spacial score (nSPS) is 28.1. The molecule has 0 aromatic carbocycles. The van der Waals surface area contributed by atoms with E-state index in [0.717, 1.165) is 19.6 Å². The van der Waals surface area contributed by atoms with Gasteiger partial charge in [0.05, 0.1) is 0 Å². The molecule has 0 aromatic heterocycles. The first-order valence-corrected chi connectivity index (χ1v) is 6.65. The summed E-state index contributed by atoms with van der Waals surface area (Å²) in [7, 11) is 2.20. The van der Waals surface area contributed by atoms with Crippen molar-refractivity contribution in [2.24, 2.45) is 5.73 Å². The van der Waals surface area contributed by atoms with Crippen molar-refractivity contribution in [1.82, 2.24) is 15.3 Å². The Balaban J connectivity index is 1.88. The molecule has 0 bridgehead atoms. The summed E-state index contributed by atoms with van der Waals surface area (Å²) in [4.78, 5) is 2.39. The van der Waals surface area contributed by atoms with E-state index in [1.807, 2.05) is 0 Å². The van der Waals surface area contributed by atoms with Crippen LogP contribution in [0.3, 0.4) is 0 Å². The fraction of sp³-hybridized carbons (Fsp3) is 1.00. The van der Waals surface area contributed by atoms with Gasteiger partial charge in [0.25, 0.3) is 0 Å². The molecular formula is C12H26N4. The average Bonchev–Trinajstić information content (AvgIpc) is 2.34. The highest BCUT2D eigenvalue weighted by molar-refractivity contribution is 4.93. The highest BCUT2D eigenvalue weighted by Crippen LogP contribution is 2.22. The maximum atomic E-state index is 5.99. The molecule has 4 nitrogen and oxygen atoms in total. The molecule has 3 N–H and O–H groups in total. The number of hydrogen-bond acceptors (Lipinski definition) is 4. The lowest BCUT2D eigenvalue weighted by atomic mass is 9.88. The Morgan fingerprint density at radius 2 is 1.69 bits per heavy atom. The third-order valence-corrected chi connectivity index (χ3v) is 4.09. The summed E-state index contributed by atoms with van der Waals surface area (Å²) in [6.07, 6.45) is 6.39. The van der Waals surface area contributed by atoms with Crippen molar-refractivity contribution in [1.29, 1.82) is 0 Å². The molecule has 0 amide bonds. The topological polar surface area (TPSA) is 44.5 Å². The average molecular weight is 226 g/mol. The highest BCUT2D eigenvalue weighted by Gasteiger charge is 2.33. The second-order valence-electron chi connectivity index (χ2n) is 5.45. The zero-order chi connectivity index (χ0) is 11.4. The molecule has 2 aliphatic rings. The van der Waals surface area contributed by atoms with E-state index in [4.69, 9.17) is 5.73 Å². The molecular weight excluding hydrogens is 200 g/mol. The molecule has 94 valence electrons. The number of likely N-dealkylation sites (tertiary alicyclic amines) is 1. The Hall–Kier alpha value is -0.160. The van der Waals surface area contributed by atoms with Crippen LogP contribution < -0.4 is 11.2 Å². The van der Waals surface area contributed by atoms with E-state index >= 15 is 0 Å². The van der Waals surface area contributed by atoms with Crippen molar-refractivity contribution in [3.8, 4) is 0 Å². The van der Waals surface area contributed by atoms with Crippen LogP contribution >= 0.6 is 0 Å². The monoisotopic (exact) mass is 226 g/mol. The second kappa shape index (κ2) is 5.45. The molecule has 2 saturated heterocycles. The predicted octanol–water partition coefficient (Wildman–Crippen LogP) is 0.400. The SMILES string of the molecule is CN1CCC(CN)(NN2CCCCC2)CC1. The first-order chi connectivity index (χ1) is 7.74. The van der Waals surface area contributed by atoms with Crippen LogP contribution in [0.15, 0.2) is 0 Å². The van der Waals surface area contributed by atoms with Gasteiger partial charge in [-0.2, -0.15) is 0 Å². The molecule has 2 aliphatic heterocycles. The lowest BCUT2D eigenvalue weighted by Crippen LogP contribution is -2.62. The fourth-order valence-corrected chi connectivity index (χ4v) is 2.75. The predicted molar refractivity (Wildman–Crippen MR) is 67.1 cm³/mol. The standard InChI is InChI=1S/C12H26N4/c1-15-9-5-12(11-13,6-10-15)14-16-7-3-2-4-8-16/h14H,2-11,13H2,1H3. The van der Waals surface area contributed by atoms with Crippen LogP contribution in [0.1, 0.15) is 32.1 Å². The number of piperidine rings is 2. The zero-order valence-corrected chi connectivity index (χ0v) is 10.5. The van der Waals surface area contributed by atoms with Gasteiger partial charge in [0.1, 0.15) is 0 Å². The number of rotatable bonds is 3. The van der Waals surface area contributed by atoms with Gasteiger partial charge in [-0.1, -0.05) is 6.42 Å². The van der Waals surface area contributed by atoms with Crippen LogP contribution in [0.25, 0.3) is 0 Å². The minimum absolute atomic E-state index is 0.170. The fourth-order valence-electron chi connectivity index (χ4n) is 2.75. The van der Waals surface area contributed by atoms with Gasteiger partial charge in [-0.15, -0.1) is 0 Å². The second-order valence-corrected chi connectivity index (χ2v) is 5.45. The first kappa shape index (κ1) is 12.3. The molecule has 16 heavy (non-hydrogen) atoms. The molecule has 2 rings (SSSR count). The number of hydrogen-bond donors (Lipinski definition) is 2. The molecule has 0 aromatic rings. The van der Waals surface area contributed by atoms with E-state index in [1.165, 1.54) is 45.2 Å². The van der Waals surface area contributed by atoms with Crippen LogP contribution in [-0.2, 0) is 0 Å². The van der Waals surface area contributed by atoms with Crippen molar-refractivity contribution in [2.75, 3.05) is 39.8 Å². The molecule has 0 aliphatic carbocycles. The van der Waals surface area contributed by atoms with E-state index in [-0.39, 0.29) is 5.54 Å². The van der Waals surface area contributed by atoms with E-state index in [2.05, 4.69) is 22.4 Å². The Morgan fingerprint density at radius 1 is 1.06 bits per heavy atom. The van der Waals surface area contributed by atoms with Crippen molar-refractivity contribution in [3.05, 3.63) is 0 Å². The van der Waals surface area contributed by atoms with Crippen molar-refractivity contribution in [3.63, 3.8) is 0 Å². The summed E-state index contributed by atoms with van der Waals surface area (Å²) in [5.41, 5.74) is 9.89. The first-order valence-electron chi connectivity index (χ1n) is 6.65. The van der Waals surface area contributed by atoms with E-state index < -0.39 is 0 Å². The number of hydrazine groups is 1. The van der Waals surface area contributed by atoms with Crippen LogP contribution in [0.5, 0.6) is 0 Å². The van der Waals surface area contributed by atoms with Gasteiger partial charge in [0.15, 0.2) is 0 Å². The van der Waals surface area contributed by atoms with Gasteiger partial charge >= 0.3 is 0 Å². The van der Waals surface area contributed by atoms with Gasteiger partial charge in [-0.25, -0.2) is 10.4 Å². The molecule has 0 atom stereocenters. The smallest absolute Gasteiger partial charge is 0.0472 e. The van der Waals surface area contributed by atoms with Crippen molar-refractivity contribution in [2.45, 2.75) is 37.6 Å². The van der Waals surface area contributed by atoms with Crippen molar-refractivity contribution < 1.29 is 0 Å². The number of nitrogens with one attached hydrogen (secondary N) is 1. The largest absolute Gasteiger partial charge is 0.329 e. The number of nitrogens with zero attached hydrogens (tertiary/aromatic N) is 2. The lowest BCUT2D eigenvalue weighted by molar-refractivity contribution is 0.0458. The zero-order valence-electron chi connectivity index (χ0n) is 10.5. The van der Waals surface area contributed by atoms with Crippen molar-refractivity contribution >= 4 is 0 Å². The third-order valence-electron chi connectivity index (χ3n) is 4.09. The van der Waals surface area contributed by atoms with Gasteiger partial charge in [0, 0.05) is 25.2 Å². The van der Waals surface area contributed by atoms with Crippen LogP contribution in [-0.4, -0.2) is 55.2 Å². The van der Waals surface area contributed by atoms with E-state index in [9.17, 15) is 0 Å². The molecule has 0 radical (unpaired) electrons. The van der Waals surface area contributed by atoms with Gasteiger partial charge in [-0.05, 0) is 45.8 Å². The molecule has 2 fully saturated rings. The Bertz CT molecular complexity index is 205. The lowest BCUT2D eigenvalue weighted by Gasteiger charge is -2.44. The molecule has 2 heterocycles. The number of nitrogens with two attached hydrogens (primary N) is 1. The van der Waals surface area contributed by atoms with Gasteiger partial charge in [0.2, 0.25) is 0 Å². The summed E-state index contributed by atoms with van der Waals surface area (Å²) < 4.78 is 0. The van der Waals surface area contributed by atoms with Crippen LogP contribution in [0, 0.1) is 0 Å². The Labute approximate surface area is 99.1 Å². The maximum Gasteiger partial charge on any atom is 0.0472 e. The maximum absolute atomic E-state index is 5.99. The van der Waals surface area contributed by atoms with Crippen LogP contribution in [0.4, 0.5) is 0 Å². The molecule has 0 spiro atoms. The highest BCUT2D eigenvalue weighted by atomic mass is 15.5. The third kappa shape index (κ3) is 2.94. The summed E-state index contributed by atoms with van der Waals surface area (Å²) in [5, 5.41) is 2.40. The minimum Gasteiger partial charge on any atom is -0.329 e. The molecule has 0 saturated carbocycles. The molecule has 4 heteroatoms. The van der Waals surface area contributed by atoms with E-state index in [0.29, 0.717) is 0 Å². The quantitative estimate of drug-likeness (QED) is 0.731. The van der Waals surface area contributed by atoms with Gasteiger partial charge in [-0.3, -0.25) is 0 Å². The summed E-state index contributed by atoms with van der Waals surface area (Å²) in [6.45, 7) is 5.47. The van der Waals surface area contributed by atoms with Gasteiger partial charge < -0.3 is 10.6 Å².